The quantitative estimate of drug-likeness (QED) is 0.838. The molecule has 1 aliphatic carbocycles. The van der Waals surface area contributed by atoms with E-state index < -0.39 is 0 Å². The molecule has 1 aliphatic heterocycles. The predicted octanol–water partition coefficient (Wildman–Crippen LogP) is 3.88. The van der Waals surface area contributed by atoms with Crippen molar-refractivity contribution in [2.45, 2.75) is 31.6 Å². The Morgan fingerprint density at radius 3 is 3.00 bits per heavy atom. The van der Waals surface area contributed by atoms with Crippen LogP contribution in [0.4, 0.5) is 0 Å². The molecule has 3 nitrogen and oxygen atoms in total. The summed E-state index contributed by atoms with van der Waals surface area (Å²) in [4.78, 5) is 2.65. The Hall–Kier alpha value is -1.74. The molecule has 0 spiro atoms. The van der Waals surface area contributed by atoms with Gasteiger partial charge in [0.25, 0.3) is 0 Å². The summed E-state index contributed by atoms with van der Waals surface area (Å²) in [6.45, 7) is 3.62. The third kappa shape index (κ3) is 2.90. The second-order valence-corrected chi connectivity index (χ2v) is 6.88. The first-order valence-corrected chi connectivity index (χ1v) is 8.75. The van der Waals surface area contributed by atoms with Crippen LogP contribution in [0.1, 0.15) is 35.6 Å². The topological polar surface area (TPSA) is 25.6 Å². The maximum absolute atomic E-state index is 5.57. The Morgan fingerprint density at radius 2 is 2.17 bits per heavy atom. The number of likely N-dealkylation sites (tertiary alicyclic amines) is 1. The van der Waals surface area contributed by atoms with Gasteiger partial charge in [-0.2, -0.15) is 0 Å². The summed E-state index contributed by atoms with van der Waals surface area (Å²) in [5, 5.41) is 0. The fraction of sp³-hybridized carbons (Fsp3) is 0.500. The molecule has 0 saturated carbocycles. The Morgan fingerprint density at radius 1 is 1.22 bits per heavy atom. The van der Waals surface area contributed by atoms with Crippen molar-refractivity contribution in [3.8, 4) is 5.75 Å². The fourth-order valence-corrected chi connectivity index (χ4v) is 4.44. The van der Waals surface area contributed by atoms with Crippen LogP contribution in [-0.2, 0) is 12.8 Å². The molecular formula is C20H25NO2. The summed E-state index contributed by atoms with van der Waals surface area (Å²) in [7, 11) is 1.79. The zero-order valence-electron chi connectivity index (χ0n) is 13.8. The van der Waals surface area contributed by atoms with E-state index >= 15 is 0 Å². The Balaban J connectivity index is 1.40. The zero-order chi connectivity index (χ0) is 15.6. The smallest absolute Gasteiger partial charge is 0.122 e. The molecule has 0 bridgehead atoms. The number of hydrogen-bond donors (Lipinski definition) is 0. The van der Waals surface area contributed by atoms with Gasteiger partial charge in [0, 0.05) is 25.4 Å². The molecule has 23 heavy (non-hydrogen) atoms. The Kier molecular flexibility index (Phi) is 4.13. The predicted molar refractivity (Wildman–Crippen MR) is 91.0 cm³/mol. The average Bonchev–Trinajstić information content (AvgIpc) is 3.23. The van der Waals surface area contributed by atoms with Gasteiger partial charge in [0.15, 0.2) is 0 Å². The highest BCUT2D eigenvalue weighted by molar-refractivity contribution is 5.44. The van der Waals surface area contributed by atoms with Gasteiger partial charge in [0.1, 0.15) is 11.5 Å². The SMILES string of the molecule is COc1cccc2c1CCC1CN(CCCc3ccco3)CC21. The number of hydrogen-bond acceptors (Lipinski definition) is 3. The first-order chi connectivity index (χ1) is 11.3. The van der Waals surface area contributed by atoms with Crippen molar-refractivity contribution in [1.29, 1.82) is 0 Å². The fourth-order valence-electron chi connectivity index (χ4n) is 4.44. The van der Waals surface area contributed by atoms with Gasteiger partial charge < -0.3 is 14.1 Å². The van der Waals surface area contributed by atoms with E-state index in [1.54, 1.807) is 13.4 Å². The maximum Gasteiger partial charge on any atom is 0.122 e. The van der Waals surface area contributed by atoms with Crippen molar-refractivity contribution in [2.24, 2.45) is 5.92 Å². The number of furan rings is 1. The number of nitrogens with zero attached hydrogens (tertiary/aromatic N) is 1. The molecule has 2 unspecified atom stereocenters. The lowest BCUT2D eigenvalue weighted by atomic mass is 9.77. The summed E-state index contributed by atoms with van der Waals surface area (Å²) in [5.41, 5.74) is 2.99. The van der Waals surface area contributed by atoms with Crippen LogP contribution < -0.4 is 4.74 Å². The van der Waals surface area contributed by atoms with Gasteiger partial charge in [-0.25, -0.2) is 0 Å². The van der Waals surface area contributed by atoms with E-state index in [-0.39, 0.29) is 0 Å². The first kappa shape index (κ1) is 14.8. The van der Waals surface area contributed by atoms with Crippen LogP contribution in [0.15, 0.2) is 41.0 Å². The molecule has 0 amide bonds. The van der Waals surface area contributed by atoms with Crippen molar-refractivity contribution in [2.75, 3.05) is 26.7 Å². The summed E-state index contributed by atoms with van der Waals surface area (Å²) in [6.07, 6.45) is 6.46. The molecule has 2 aliphatic rings. The molecule has 2 aromatic rings. The van der Waals surface area contributed by atoms with E-state index in [0.29, 0.717) is 5.92 Å². The van der Waals surface area contributed by atoms with Crippen LogP contribution in [0, 0.1) is 5.92 Å². The molecule has 1 fully saturated rings. The highest BCUT2D eigenvalue weighted by atomic mass is 16.5. The van der Waals surface area contributed by atoms with Gasteiger partial charge in [-0.3, -0.25) is 0 Å². The summed E-state index contributed by atoms with van der Waals surface area (Å²) < 4.78 is 11.0. The monoisotopic (exact) mass is 311 g/mol. The van der Waals surface area contributed by atoms with Crippen molar-refractivity contribution in [3.05, 3.63) is 53.5 Å². The largest absolute Gasteiger partial charge is 0.496 e. The lowest BCUT2D eigenvalue weighted by Crippen LogP contribution is -2.22. The molecular weight excluding hydrogens is 286 g/mol. The number of methoxy groups -OCH3 is 1. The molecule has 1 aromatic heterocycles. The Labute approximate surface area is 138 Å². The molecule has 0 N–H and O–H groups in total. The number of rotatable bonds is 5. The van der Waals surface area contributed by atoms with E-state index in [2.05, 4.69) is 29.2 Å². The standard InChI is InChI=1S/C20H25NO2/c1-22-20-8-2-7-17-18(20)10-9-15-13-21(14-19(15)17)11-3-5-16-6-4-12-23-16/h2,4,6-8,12,15,19H,3,5,9-11,13-14H2,1H3. The number of aryl methyl sites for hydroxylation is 1. The second kappa shape index (κ2) is 6.40. The van der Waals surface area contributed by atoms with Crippen LogP contribution in [0.5, 0.6) is 5.75 Å². The van der Waals surface area contributed by atoms with Gasteiger partial charge in [-0.15, -0.1) is 0 Å². The van der Waals surface area contributed by atoms with Crippen LogP contribution in [0.3, 0.4) is 0 Å². The average molecular weight is 311 g/mol. The lowest BCUT2D eigenvalue weighted by molar-refractivity contribution is 0.313. The van der Waals surface area contributed by atoms with E-state index in [0.717, 1.165) is 23.8 Å². The van der Waals surface area contributed by atoms with Crippen LogP contribution in [-0.4, -0.2) is 31.6 Å². The summed E-state index contributed by atoms with van der Waals surface area (Å²) >= 11 is 0. The van der Waals surface area contributed by atoms with Crippen LogP contribution in [0.25, 0.3) is 0 Å². The van der Waals surface area contributed by atoms with Crippen molar-refractivity contribution >= 4 is 0 Å². The van der Waals surface area contributed by atoms with E-state index in [1.807, 2.05) is 6.07 Å². The maximum atomic E-state index is 5.57. The number of ether oxygens (including phenoxy) is 1. The lowest BCUT2D eigenvalue weighted by Gasteiger charge is -2.28. The van der Waals surface area contributed by atoms with Gasteiger partial charge in [0.2, 0.25) is 0 Å². The molecule has 1 saturated heterocycles. The minimum absolute atomic E-state index is 0.692. The van der Waals surface area contributed by atoms with Gasteiger partial charge >= 0.3 is 0 Å². The summed E-state index contributed by atoms with van der Waals surface area (Å²) in [6, 6.07) is 10.6. The highest BCUT2D eigenvalue weighted by Gasteiger charge is 2.37. The molecule has 4 rings (SSSR count). The molecule has 122 valence electrons. The zero-order valence-corrected chi connectivity index (χ0v) is 13.8. The van der Waals surface area contributed by atoms with Crippen LogP contribution >= 0.6 is 0 Å². The minimum Gasteiger partial charge on any atom is -0.496 e. The minimum atomic E-state index is 0.692. The van der Waals surface area contributed by atoms with E-state index in [1.165, 1.54) is 50.0 Å². The van der Waals surface area contributed by atoms with Crippen LogP contribution in [0.2, 0.25) is 0 Å². The van der Waals surface area contributed by atoms with Gasteiger partial charge in [-0.1, -0.05) is 12.1 Å². The summed E-state index contributed by atoms with van der Waals surface area (Å²) in [5.74, 6) is 3.70. The third-order valence-corrected chi connectivity index (χ3v) is 5.55. The highest BCUT2D eigenvalue weighted by Crippen LogP contribution is 2.44. The normalized spacial score (nSPS) is 23.5. The van der Waals surface area contributed by atoms with Crippen molar-refractivity contribution in [1.82, 2.24) is 4.90 Å². The molecule has 2 heterocycles. The number of fused-ring (bicyclic) bond motifs is 3. The van der Waals surface area contributed by atoms with Crippen molar-refractivity contribution in [3.63, 3.8) is 0 Å². The van der Waals surface area contributed by atoms with E-state index in [9.17, 15) is 0 Å². The second-order valence-electron chi connectivity index (χ2n) is 6.88. The molecule has 3 heteroatoms. The molecule has 1 aromatic carbocycles. The molecule has 0 radical (unpaired) electrons. The van der Waals surface area contributed by atoms with Gasteiger partial charge in [-0.05, 0) is 61.1 Å². The number of benzene rings is 1. The van der Waals surface area contributed by atoms with Crippen molar-refractivity contribution < 1.29 is 9.15 Å². The van der Waals surface area contributed by atoms with E-state index in [4.69, 9.17) is 9.15 Å². The first-order valence-electron chi connectivity index (χ1n) is 8.75. The van der Waals surface area contributed by atoms with Gasteiger partial charge in [0.05, 0.1) is 13.4 Å². The Bertz CT molecular complexity index is 650. The molecule has 2 atom stereocenters. The third-order valence-electron chi connectivity index (χ3n) is 5.55.